The number of nitrogens with one attached hydrogen (secondary N) is 1. The maximum absolute atomic E-state index is 12.5. The minimum atomic E-state index is -0.239. The second-order valence-electron chi connectivity index (χ2n) is 6.03. The third-order valence-electron chi connectivity index (χ3n) is 4.15. The molecular formula is C16H21BrClNO. The number of rotatable bonds is 3. The molecule has 0 aromatic heterocycles. The van der Waals surface area contributed by atoms with Crippen molar-refractivity contribution in [1.82, 2.24) is 5.32 Å². The fourth-order valence-corrected chi connectivity index (χ4v) is 3.58. The van der Waals surface area contributed by atoms with E-state index in [1.165, 1.54) is 6.42 Å². The molecule has 2 nitrogen and oxygen atoms in total. The Morgan fingerprint density at radius 3 is 2.90 bits per heavy atom. The molecule has 2 unspecified atom stereocenters. The molecular weight excluding hydrogens is 338 g/mol. The van der Waals surface area contributed by atoms with E-state index >= 15 is 0 Å². The molecule has 2 rings (SSSR count). The lowest BCUT2D eigenvalue weighted by Crippen LogP contribution is -2.52. The number of alkyl halides is 1. The van der Waals surface area contributed by atoms with Gasteiger partial charge in [0.05, 0.1) is 5.54 Å². The highest BCUT2D eigenvalue weighted by molar-refractivity contribution is 9.10. The Kier molecular flexibility index (Phi) is 5.14. The van der Waals surface area contributed by atoms with E-state index in [1.54, 1.807) is 0 Å². The molecule has 1 saturated carbocycles. The normalized spacial score (nSPS) is 26.3. The predicted molar refractivity (Wildman–Crippen MR) is 87.4 cm³/mol. The van der Waals surface area contributed by atoms with E-state index in [0.29, 0.717) is 17.4 Å². The fraction of sp³-hybridized carbons (Fsp3) is 0.562. The lowest BCUT2D eigenvalue weighted by Gasteiger charge is -2.39. The van der Waals surface area contributed by atoms with Gasteiger partial charge < -0.3 is 5.32 Å². The second kappa shape index (κ2) is 6.48. The third-order valence-corrected chi connectivity index (χ3v) is 5.55. The number of carbonyl (C=O) groups is 1. The Hall–Kier alpha value is -0.540. The van der Waals surface area contributed by atoms with Crippen LogP contribution in [0.15, 0.2) is 22.7 Å². The van der Waals surface area contributed by atoms with Crippen LogP contribution in [0.1, 0.15) is 48.5 Å². The van der Waals surface area contributed by atoms with Gasteiger partial charge in [-0.25, -0.2) is 0 Å². The van der Waals surface area contributed by atoms with Crippen LogP contribution in [0.3, 0.4) is 0 Å². The lowest BCUT2D eigenvalue weighted by atomic mass is 9.77. The lowest BCUT2D eigenvalue weighted by molar-refractivity contribution is 0.0867. The standard InChI is InChI=1S/C16H21BrClNO/c1-11-4-3-7-16(9-11,10-18)19-15(20)13-5-6-14(17)12(2)8-13/h5-6,8,11H,3-4,7,9-10H2,1-2H3,(H,19,20). The predicted octanol–water partition coefficient (Wildman–Crippen LogP) is 4.68. The van der Waals surface area contributed by atoms with Crippen molar-refractivity contribution in [1.29, 1.82) is 0 Å². The molecule has 0 heterocycles. The van der Waals surface area contributed by atoms with E-state index in [9.17, 15) is 4.79 Å². The zero-order valence-corrected chi connectivity index (χ0v) is 14.4. The van der Waals surface area contributed by atoms with Crippen molar-refractivity contribution in [3.05, 3.63) is 33.8 Å². The van der Waals surface area contributed by atoms with Gasteiger partial charge in [-0.3, -0.25) is 4.79 Å². The summed E-state index contributed by atoms with van der Waals surface area (Å²) in [5, 5.41) is 3.19. The molecule has 0 bridgehead atoms. The number of amides is 1. The number of hydrogen-bond donors (Lipinski definition) is 1. The van der Waals surface area contributed by atoms with Crippen molar-refractivity contribution in [3.63, 3.8) is 0 Å². The summed E-state index contributed by atoms with van der Waals surface area (Å²) in [4.78, 5) is 12.5. The molecule has 1 aliphatic rings. The topological polar surface area (TPSA) is 29.1 Å². The van der Waals surface area contributed by atoms with Gasteiger partial charge in [-0.15, -0.1) is 11.6 Å². The summed E-state index contributed by atoms with van der Waals surface area (Å²) >= 11 is 9.62. The van der Waals surface area contributed by atoms with Gasteiger partial charge in [-0.2, -0.15) is 0 Å². The minimum Gasteiger partial charge on any atom is -0.345 e. The van der Waals surface area contributed by atoms with Crippen LogP contribution in [0, 0.1) is 12.8 Å². The van der Waals surface area contributed by atoms with Crippen LogP contribution < -0.4 is 5.32 Å². The van der Waals surface area contributed by atoms with Crippen LogP contribution in [0.5, 0.6) is 0 Å². The highest BCUT2D eigenvalue weighted by Crippen LogP contribution is 2.33. The summed E-state index contributed by atoms with van der Waals surface area (Å²) in [5.74, 6) is 1.09. The zero-order chi connectivity index (χ0) is 14.8. The van der Waals surface area contributed by atoms with Crippen molar-refractivity contribution in [2.24, 2.45) is 5.92 Å². The van der Waals surface area contributed by atoms with Crippen LogP contribution >= 0.6 is 27.5 Å². The van der Waals surface area contributed by atoms with Crippen molar-refractivity contribution < 1.29 is 4.79 Å². The monoisotopic (exact) mass is 357 g/mol. The summed E-state index contributed by atoms with van der Waals surface area (Å²) in [6.45, 7) is 4.22. The Labute approximate surface area is 134 Å². The smallest absolute Gasteiger partial charge is 0.251 e. The first kappa shape index (κ1) is 15.8. The first-order valence-electron chi connectivity index (χ1n) is 7.10. The molecule has 0 saturated heterocycles. The molecule has 0 radical (unpaired) electrons. The van der Waals surface area contributed by atoms with Gasteiger partial charge in [0.15, 0.2) is 0 Å². The first-order valence-corrected chi connectivity index (χ1v) is 8.43. The molecule has 1 fully saturated rings. The van der Waals surface area contributed by atoms with E-state index in [-0.39, 0.29) is 11.4 Å². The summed E-state index contributed by atoms with van der Waals surface area (Å²) < 4.78 is 1.02. The van der Waals surface area contributed by atoms with Gasteiger partial charge in [-0.1, -0.05) is 35.7 Å². The zero-order valence-electron chi connectivity index (χ0n) is 12.0. The van der Waals surface area contributed by atoms with Crippen LogP contribution in [0.2, 0.25) is 0 Å². The number of benzene rings is 1. The van der Waals surface area contributed by atoms with Crippen LogP contribution in [0.4, 0.5) is 0 Å². The van der Waals surface area contributed by atoms with Crippen molar-refractivity contribution in [2.75, 3.05) is 5.88 Å². The summed E-state index contributed by atoms with van der Waals surface area (Å²) in [6, 6.07) is 5.68. The van der Waals surface area contributed by atoms with Gasteiger partial charge in [0.2, 0.25) is 0 Å². The maximum atomic E-state index is 12.5. The van der Waals surface area contributed by atoms with E-state index in [4.69, 9.17) is 11.6 Å². The van der Waals surface area contributed by atoms with E-state index in [2.05, 4.69) is 28.2 Å². The number of aryl methyl sites for hydroxylation is 1. The second-order valence-corrected chi connectivity index (χ2v) is 7.16. The molecule has 1 aliphatic carbocycles. The first-order chi connectivity index (χ1) is 9.46. The van der Waals surface area contributed by atoms with Gasteiger partial charge in [0, 0.05) is 15.9 Å². The highest BCUT2D eigenvalue weighted by Gasteiger charge is 2.35. The van der Waals surface area contributed by atoms with Gasteiger partial charge >= 0.3 is 0 Å². The number of hydrogen-bond acceptors (Lipinski definition) is 1. The van der Waals surface area contributed by atoms with E-state index in [1.807, 2.05) is 25.1 Å². The summed E-state index contributed by atoms with van der Waals surface area (Å²) in [6.07, 6.45) is 4.30. The highest BCUT2D eigenvalue weighted by atomic mass is 79.9. The quantitative estimate of drug-likeness (QED) is 0.781. The molecule has 1 aromatic rings. The Balaban J connectivity index is 2.14. The SMILES string of the molecule is Cc1cc(C(=O)NC2(CCl)CCCC(C)C2)ccc1Br. The third kappa shape index (κ3) is 3.56. The largest absolute Gasteiger partial charge is 0.345 e. The van der Waals surface area contributed by atoms with Crippen LogP contribution in [-0.4, -0.2) is 17.3 Å². The van der Waals surface area contributed by atoms with Crippen molar-refractivity contribution in [2.45, 2.75) is 45.1 Å². The molecule has 4 heteroatoms. The molecule has 1 N–H and O–H groups in total. The van der Waals surface area contributed by atoms with Gasteiger partial charge in [0.1, 0.15) is 0 Å². The van der Waals surface area contributed by atoms with Gasteiger partial charge in [-0.05, 0) is 49.4 Å². The summed E-state index contributed by atoms with van der Waals surface area (Å²) in [5.41, 5.74) is 1.53. The molecule has 20 heavy (non-hydrogen) atoms. The Bertz CT molecular complexity index is 505. The average Bonchev–Trinajstić information content (AvgIpc) is 2.41. The minimum absolute atomic E-state index is 0.0182. The Morgan fingerprint density at radius 2 is 2.30 bits per heavy atom. The fourth-order valence-electron chi connectivity index (χ4n) is 3.03. The van der Waals surface area contributed by atoms with Crippen molar-refractivity contribution in [3.8, 4) is 0 Å². The molecule has 1 aromatic carbocycles. The van der Waals surface area contributed by atoms with E-state index in [0.717, 1.165) is 29.3 Å². The number of halogens is 2. The number of carbonyl (C=O) groups excluding carboxylic acids is 1. The maximum Gasteiger partial charge on any atom is 0.251 e. The molecule has 2 atom stereocenters. The molecule has 110 valence electrons. The van der Waals surface area contributed by atoms with Gasteiger partial charge in [0.25, 0.3) is 5.91 Å². The van der Waals surface area contributed by atoms with Crippen molar-refractivity contribution >= 4 is 33.4 Å². The average molecular weight is 359 g/mol. The summed E-state index contributed by atoms with van der Waals surface area (Å²) in [7, 11) is 0. The molecule has 0 aliphatic heterocycles. The van der Waals surface area contributed by atoms with Crippen LogP contribution in [-0.2, 0) is 0 Å². The molecule has 1 amide bonds. The Morgan fingerprint density at radius 1 is 1.55 bits per heavy atom. The van der Waals surface area contributed by atoms with E-state index < -0.39 is 0 Å². The van der Waals surface area contributed by atoms with Crippen LogP contribution in [0.25, 0.3) is 0 Å². The molecule has 0 spiro atoms.